The fourth-order valence-electron chi connectivity index (χ4n) is 4.17. The summed E-state index contributed by atoms with van der Waals surface area (Å²) in [6, 6.07) is 18.1. The third-order valence-corrected chi connectivity index (χ3v) is 5.78. The summed E-state index contributed by atoms with van der Waals surface area (Å²) in [5.41, 5.74) is 1.88. The van der Waals surface area contributed by atoms with Crippen molar-refractivity contribution in [2.75, 3.05) is 32.8 Å². The molecule has 5 heteroatoms. The van der Waals surface area contributed by atoms with Crippen LogP contribution in [0.15, 0.2) is 54.6 Å². The summed E-state index contributed by atoms with van der Waals surface area (Å²) in [5.74, 6) is 0.653. The number of hydrogen-bond donors (Lipinski definition) is 1. The Hall–Kier alpha value is -2.37. The Labute approximate surface area is 173 Å². The SMILES string of the molecule is O=C(NC[C@H](c1ccccc1)N1CCCC1)c1cccc(OC[C@@H]2CCCO2)c1. The molecule has 0 bridgehead atoms. The number of nitrogens with zero attached hydrogens (tertiary/aromatic N) is 1. The highest BCUT2D eigenvalue weighted by Crippen LogP contribution is 2.24. The van der Waals surface area contributed by atoms with E-state index in [9.17, 15) is 4.79 Å². The molecule has 0 aromatic heterocycles. The van der Waals surface area contributed by atoms with Crippen LogP contribution in [0.25, 0.3) is 0 Å². The van der Waals surface area contributed by atoms with Gasteiger partial charge in [0.05, 0.1) is 12.1 Å². The van der Waals surface area contributed by atoms with Crippen molar-refractivity contribution in [3.05, 3.63) is 65.7 Å². The maximum Gasteiger partial charge on any atom is 0.251 e. The first-order chi connectivity index (χ1) is 14.3. The summed E-state index contributed by atoms with van der Waals surface area (Å²) in [6.45, 7) is 4.13. The molecular weight excluding hydrogens is 364 g/mol. The van der Waals surface area contributed by atoms with Crippen LogP contribution in [0.1, 0.15) is 47.6 Å². The van der Waals surface area contributed by atoms with Gasteiger partial charge in [-0.1, -0.05) is 36.4 Å². The number of hydrogen-bond acceptors (Lipinski definition) is 4. The van der Waals surface area contributed by atoms with Crippen molar-refractivity contribution in [3.63, 3.8) is 0 Å². The van der Waals surface area contributed by atoms with Crippen LogP contribution in [0, 0.1) is 0 Å². The molecule has 2 aliphatic rings. The summed E-state index contributed by atoms with van der Waals surface area (Å²) in [6.07, 6.45) is 4.75. The molecule has 0 saturated carbocycles. The maximum absolute atomic E-state index is 12.8. The Morgan fingerprint density at radius 2 is 1.93 bits per heavy atom. The fraction of sp³-hybridized carbons (Fsp3) is 0.458. The molecule has 2 atom stereocenters. The van der Waals surface area contributed by atoms with E-state index in [-0.39, 0.29) is 18.1 Å². The Kier molecular flexibility index (Phi) is 6.80. The van der Waals surface area contributed by atoms with E-state index in [1.54, 1.807) is 0 Å². The van der Waals surface area contributed by atoms with Crippen LogP contribution < -0.4 is 10.1 Å². The predicted molar refractivity (Wildman–Crippen MR) is 113 cm³/mol. The van der Waals surface area contributed by atoms with E-state index in [2.05, 4.69) is 34.5 Å². The Morgan fingerprint density at radius 1 is 1.10 bits per heavy atom. The van der Waals surface area contributed by atoms with Crippen LogP contribution in [-0.4, -0.2) is 49.8 Å². The number of ether oxygens (including phenoxy) is 2. The van der Waals surface area contributed by atoms with Crippen molar-refractivity contribution in [3.8, 4) is 5.75 Å². The number of amides is 1. The van der Waals surface area contributed by atoms with Crippen molar-refractivity contribution < 1.29 is 14.3 Å². The minimum atomic E-state index is -0.0623. The van der Waals surface area contributed by atoms with Crippen molar-refractivity contribution in [1.29, 1.82) is 0 Å². The Bertz CT molecular complexity index is 784. The highest BCUT2D eigenvalue weighted by atomic mass is 16.5. The number of benzene rings is 2. The summed E-state index contributed by atoms with van der Waals surface area (Å²) in [4.78, 5) is 15.3. The van der Waals surface area contributed by atoms with E-state index in [4.69, 9.17) is 9.47 Å². The van der Waals surface area contributed by atoms with Crippen molar-refractivity contribution in [2.45, 2.75) is 37.8 Å². The van der Waals surface area contributed by atoms with Gasteiger partial charge in [-0.15, -0.1) is 0 Å². The minimum absolute atomic E-state index is 0.0623. The summed E-state index contributed by atoms with van der Waals surface area (Å²) in [7, 11) is 0. The van der Waals surface area contributed by atoms with Gasteiger partial charge in [-0.05, 0) is 62.5 Å². The summed E-state index contributed by atoms with van der Waals surface area (Å²) in [5, 5.41) is 3.14. The molecule has 5 nitrogen and oxygen atoms in total. The number of nitrogens with one attached hydrogen (secondary N) is 1. The molecule has 1 N–H and O–H groups in total. The standard InChI is InChI=1S/C24H30N2O3/c27-24(20-10-6-11-21(16-20)29-18-22-12-7-15-28-22)25-17-23(26-13-4-5-14-26)19-8-2-1-3-9-19/h1-3,6,8-11,16,22-23H,4-5,7,12-15,17-18H2,(H,25,27)/t22-,23+/m0/s1. The van der Waals surface area contributed by atoms with Gasteiger partial charge in [0.15, 0.2) is 0 Å². The van der Waals surface area contributed by atoms with Gasteiger partial charge in [0.1, 0.15) is 12.4 Å². The summed E-state index contributed by atoms with van der Waals surface area (Å²) >= 11 is 0. The van der Waals surface area contributed by atoms with Crippen LogP contribution in [-0.2, 0) is 4.74 Å². The topological polar surface area (TPSA) is 50.8 Å². The first-order valence-corrected chi connectivity index (χ1v) is 10.7. The van der Waals surface area contributed by atoms with Crippen LogP contribution in [0.2, 0.25) is 0 Å². The molecule has 154 valence electrons. The van der Waals surface area contributed by atoms with E-state index >= 15 is 0 Å². The average molecular weight is 395 g/mol. The summed E-state index contributed by atoms with van der Waals surface area (Å²) < 4.78 is 11.4. The number of carbonyl (C=O) groups excluding carboxylic acids is 1. The van der Waals surface area contributed by atoms with E-state index in [1.807, 2.05) is 30.3 Å². The lowest BCUT2D eigenvalue weighted by Crippen LogP contribution is -2.36. The van der Waals surface area contributed by atoms with Crippen molar-refractivity contribution in [2.24, 2.45) is 0 Å². The number of carbonyl (C=O) groups is 1. The van der Waals surface area contributed by atoms with Gasteiger partial charge in [0.2, 0.25) is 0 Å². The van der Waals surface area contributed by atoms with Gasteiger partial charge in [-0.3, -0.25) is 9.69 Å². The number of likely N-dealkylation sites (tertiary alicyclic amines) is 1. The van der Waals surface area contributed by atoms with Gasteiger partial charge >= 0.3 is 0 Å². The highest BCUT2D eigenvalue weighted by molar-refractivity contribution is 5.94. The first-order valence-electron chi connectivity index (χ1n) is 10.7. The molecule has 29 heavy (non-hydrogen) atoms. The van der Waals surface area contributed by atoms with Crippen LogP contribution >= 0.6 is 0 Å². The molecule has 4 rings (SSSR count). The molecule has 2 fully saturated rings. The zero-order valence-electron chi connectivity index (χ0n) is 16.9. The lowest BCUT2D eigenvalue weighted by Gasteiger charge is -2.28. The third-order valence-electron chi connectivity index (χ3n) is 5.78. The molecule has 0 unspecified atom stereocenters. The van der Waals surface area contributed by atoms with Gasteiger partial charge in [-0.25, -0.2) is 0 Å². The minimum Gasteiger partial charge on any atom is -0.491 e. The monoisotopic (exact) mass is 394 g/mol. The smallest absolute Gasteiger partial charge is 0.251 e. The quantitative estimate of drug-likeness (QED) is 0.740. The number of rotatable bonds is 8. The second-order valence-electron chi connectivity index (χ2n) is 7.85. The zero-order valence-corrected chi connectivity index (χ0v) is 16.9. The Balaban J connectivity index is 1.36. The fourth-order valence-corrected chi connectivity index (χ4v) is 4.17. The predicted octanol–water partition coefficient (Wildman–Crippen LogP) is 3.81. The van der Waals surface area contributed by atoms with Gasteiger partial charge in [0.25, 0.3) is 5.91 Å². The van der Waals surface area contributed by atoms with Crippen molar-refractivity contribution >= 4 is 5.91 Å². The third kappa shape index (κ3) is 5.37. The van der Waals surface area contributed by atoms with Gasteiger partial charge in [-0.2, -0.15) is 0 Å². The van der Waals surface area contributed by atoms with Crippen LogP contribution in [0.3, 0.4) is 0 Å². The molecule has 0 spiro atoms. The van der Waals surface area contributed by atoms with Crippen LogP contribution in [0.4, 0.5) is 0 Å². The average Bonchev–Trinajstić information content (AvgIpc) is 3.48. The Morgan fingerprint density at radius 3 is 2.69 bits per heavy atom. The molecule has 0 radical (unpaired) electrons. The van der Waals surface area contributed by atoms with E-state index in [0.29, 0.717) is 24.5 Å². The zero-order chi connectivity index (χ0) is 19.9. The second kappa shape index (κ2) is 9.90. The maximum atomic E-state index is 12.8. The molecule has 2 aliphatic heterocycles. The van der Waals surface area contributed by atoms with Gasteiger partial charge in [0, 0.05) is 18.7 Å². The lowest BCUT2D eigenvalue weighted by molar-refractivity contribution is 0.0679. The molecule has 1 amide bonds. The van der Waals surface area contributed by atoms with E-state index in [0.717, 1.165) is 32.5 Å². The van der Waals surface area contributed by atoms with Gasteiger partial charge < -0.3 is 14.8 Å². The molecule has 2 saturated heterocycles. The molecule has 0 aliphatic carbocycles. The second-order valence-corrected chi connectivity index (χ2v) is 7.85. The van der Waals surface area contributed by atoms with E-state index in [1.165, 1.54) is 18.4 Å². The highest BCUT2D eigenvalue weighted by Gasteiger charge is 2.24. The molecule has 2 aromatic rings. The van der Waals surface area contributed by atoms with Crippen molar-refractivity contribution in [1.82, 2.24) is 10.2 Å². The normalized spacial score (nSPS) is 20.5. The molecule has 2 aromatic carbocycles. The lowest BCUT2D eigenvalue weighted by atomic mass is 10.1. The van der Waals surface area contributed by atoms with E-state index < -0.39 is 0 Å². The molecular formula is C24H30N2O3. The van der Waals surface area contributed by atoms with Crippen LogP contribution in [0.5, 0.6) is 5.75 Å². The first kappa shape index (κ1) is 19.9. The largest absolute Gasteiger partial charge is 0.491 e. The molecule has 2 heterocycles.